The summed E-state index contributed by atoms with van der Waals surface area (Å²) < 4.78 is 4.82. The first kappa shape index (κ1) is 14.7. The number of esters is 1. The summed E-state index contributed by atoms with van der Waals surface area (Å²) in [7, 11) is 1.33. The van der Waals surface area contributed by atoms with Crippen molar-refractivity contribution in [3.8, 4) is 0 Å². The maximum atomic E-state index is 12.5. The number of rotatable bonds is 3. The second kappa shape index (κ2) is 5.75. The third-order valence-corrected chi connectivity index (χ3v) is 3.96. The summed E-state index contributed by atoms with van der Waals surface area (Å²) >= 11 is 0. The molecule has 0 spiro atoms. The van der Waals surface area contributed by atoms with E-state index >= 15 is 0 Å². The first-order chi connectivity index (χ1) is 9.45. The highest BCUT2D eigenvalue weighted by Gasteiger charge is 2.45. The van der Waals surface area contributed by atoms with Crippen LogP contribution in [0.3, 0.4) is 0 Å². The Morgan fingerprint density at radius 3 is 2.60 bits per heavy atom. The number of ketones is 1. The largest absolute Gasteiger partial charge is 0.468 e. The number of methoxy groups -OCH3 is 1. The van der Waals surface area contributed by atoms with Crippen LogP contribution in [0.25, 0.3) is 0 Å². The monoisotopic (exact) mass is 275 g/mol. The molecular weight excluding hydrogens is 254 g/mol. The summed E-state index contributed by atoms with van der Waals surface area (Å²) in [6, 6.07) is 9.07. The fourth-order valence-electron chi connectivity index (χ4n) is 2.57. The molecule has 1 aromatic carbocycles. The lowest BCUT2D eigenvalue weighted by molar-refractivity contribution is -0.157. The highest BCUT2D eigenvalue weighted by Crippen LogP contribution is 2.31. The smallest absolute Gasteiger partial charge is 0.330 e. The number of ether oxygens (including phenoxy) is 1. The van der Waals surface area contributed by atoms with Crippen LogP contribution in [0.15, 0.2) is 30.3 Å². The molecule has 1 fully saturated rings. The van der Waals surface area contributed by atoms with E-state index in [1.165, 1.54) is 7.11 Å². The Hall–Kier alpha value is -1.68. The van der Waals surface area contributed by atoms with Gasteiger partial charge in [-0.05, 0) is 12.0 Å². The number of carbonyl (C=O) groups excluding carboxylic acids is 2. The predicted octanol–water partition coefficient (Wildman–Crippen LogP) is 2.03. The molecule has 0 aliphatic carbocycles. The Bertz CT molecular complexity index is 496. The molecule has 1 unspecified atom stereocenters. The lowest BCUT2D eigenvalue weighted by atomic mass is 9.77. The quantitative estimate of drug-likeness (QED) is 0.625. The Kier molecular flexibility index (Phi) is 4.23. The molecule has 0 N–H and O–H groups in total. The average Bonchev–Trinajstić information content (AvgIpc) is 2.44. The minimum Gasteiger partial charge on any atom is -0.468 e. The van der Waals surface area contributed by atoms with Crippen LogP contribution in [0, 0.1) is 5.41 Å². The van der Waals surface area contributed by atoms with Gasteiger partial charge in [0.15, 0.2) is 11.8 Å². The number of Topliss-reactive ketones (excluding diaryl/α,β-unsaturated/α-hetero) is 1. The van der Waals surface area contributed by atoms with Gasteiger partial charge in [-0.15, -0.1) is 0 Å². The van der Waals surface area contributed by atoms with E-state index in [1.54, 1.807) is 0 Å². The molecule has 1 saturated heterocycles. The zero-order chi connectivity index (χ0) is 14.8. The van der Waals surface area contributed by atoms with E-state index in [9.17, 15) is 9.59 Å². The van der Waals surface area contributed by atoms with Gasteiger partial charge < -0.3 is 4.74 Å². The normalized spacial score (nSPS) is 22.6. The molecule has 0 bridgehead atoms. The third-order valence-electron chi connectivity index (χ3n) is 3.96. The molecule has 0 amide bonds. The van der Waals surface area contributed by atoms with E-state index < -0.39 is 17.4 Å². The fraction of sp³-hybridized carbons (Fsp3) is 0.500. The molecule has 1 heterocycles. The van der Waals surface area contributed by atoms with Crippen molar-refractivity contribution < 1.29 is 14.3 Å². The van der Waals surface area contributed by atoms with Gasteiger partial charge in [0.25, 0.3) is 0 Å². The van der Waals surface area contributed by atoms with Gasteiger partial charge >= 0.3 is 5.97 Å². The molecule has 1 aliphatic heterocycles. The minimum atomic E-state index is -0.788. The van der Waals surface area contributed by atoms with Crippen molar-refractivity contribution in [1.29, 1.82) is 0 Å². The van der Waals surface area contributed by atoms with Gasteiger partial charge in [0.2, 0.25) is 0 Å². The number of nitrogens with zero attached hydrogens (tertiary/aromatic N) is 1. The number of hydrogen-bond donors (Lipinski definition) is 0. The zero-order valence-electron chi connectivity index (χ0n) is 12.3. The van der Waals surface area contributed by atoms with Crippen LogP contribution in [0.5, 0.6) is 0 Å². The van der Waals surface area contributed by atoms with E-state index in [0.717, 1.165) is 12.0 Å². The Morgan fingerprint density at radius 1 is 1.35 bits per heavy atom. The van der Waals surface area contributed by atoms with Crippen molar-refractivity contribution in [2.45, 2.75) is 32.9 Å². The van der Waals surface area contributed by atoms with Gasteiger partial charge in [0.1, 0.15) is 0 Å². The molecule has 2 rings (SSSR count). The molecule has 0 radical (unpaired) electrons. The van der Waals surface area contributed by atoms with Crippen molar-refractivity contribution in [3.63, 3.8) is 0 Å². The zero-order valence-corrected chi connectivity index (χ0v) is 12.3. The summed E-state index contributed by atoms with van der Waals surface area (Å²) in [6.07, 6.45) is 0.756. The standard InChI is InChI=1S/C16H21NO3/c1-16(2)9-10-17(11-12-7-5-4-6-8-12)13(14(16)18)15(19)20-3/h4-8,13H,9-11H2,1-3H3. The molecule has 20 heavy (non-hydrogen) atoms. The summed E-state index contributed by atoms with van der Waals surface area (Å²) in [5, 5.41) is 0. The van der Waals surface area contributed by atoms with Crippen LogP contribution >= 0.6 is 0 Å². The van der Waals surface area contributed by atoms with Crippen LogP contribution in [-0.2, 0) is 20.9 Å². The van der Waals surface area contributed by atoms with Crippen molar-refractivity contribution in [2.75, 3.05) is 13.7 Å². The molecular formula is C16H21NO3. The van der Waals surface area contributed by atoms with Crippen molar-refractivity contribution in [2.24, 2.45) is 5.41 Å². The molecule has 0 aromatic heterocycles. The minimum absolute atomic E-state index is 0.0495. The number of likely N-dealkylation sites (tertiary alicyclic amines) is 1. The lowest BCUT2D eigenvalue weighted by Gasteiger charge is -2.40. The first-order valence-corrected chi connectivity index (χ1v) is 6.86. The van der Waals surface area contributed by atoms with Gasteiger partial charge in [-0.2, -0.15) is 0 Å². The van der Waals surface area contributed by atoms with Crippen molar-refractivity contribution in [1.82, 2.24) is 4.90 Å². The molecule has 1 atom stereocenters. The van der Waals surface area contributed by atoms with Gasteiger partial charge in [-0.1, -0.05) is 44.2 Å². The van der Waals surface area contributed by atoms with Crippen LogP contribution in [0.4, 0.5) is 0 Å². The second-order valence-electron chi connectivity index (χ2n) is 5.88. The average molecular weight is 275 g/mol. The van der Waals surface area contributed by atoms with E-state index in [1.807, 2.05) is 49.1 Å². The number of piperidine rings is 1. The number of benzene rings is 1. The van der Waals surface area contributed by atoms with Gasteiger partial charge in [0, 0.05) is 18.5 Å². The maximum Gasteiger partial charge on any atom is 0.330 e. The second-order valence-corrected chi connectivity index (χ2v) is 5.88. The number of hydrogen-bond acceptors (Lipinski definition) is 4. The van der Waals surface area contributed by atoms with Crippen LogP contribution in [-0.4, -0.2) is 36.3 Å². The highest BCUT2D eigenvalue weighted by molar-refractivity contribution is 6.06. The molecule has 0 saturated carbocycles. The Labute approximate surface area is 119 Å². The van der Waals surface area contributed by atoms with E-state index in [2.05, 4.69) is 0 Å². The highest BCUT2D eigenvalue weighted by atomic mass is 16.5. The van der Waals surface area contributed by atoms with E-state index in [4.69, 9.17) is 4.74 Å². The Morgan fingerprint density at radius 2 is 2.00 bits per heavy atom. The predicted molar refractivity (Wildman–Crippen MR) is 76.1 cm³/mol. The number of carbonyl (C=O) groups is 2. The molecule has 1 aromatic rings. The molecule has 108 valence electrons. The molecule has 4 nitrogen and oxygen atoms in total. The van der Waals surface area contributed by atoms with Crippen molar-refractivity contribution >= 4 is 11.8 Å². The summed E-state index contributed by atoms with van der Waals surface area (Å²) in [4.78, 5) is 26.4. The molecule has 1 aliphatic rings. The van der Waals surface area contributed by atoms with Gasteiger partial charge in [-0.3, -0.25) is 9.69 Å². The SMILES string of the molecule is COC(=O)C1C(=O)C(C)(C)CCN1Cc1ccccc1. The summed E-state index contributed by atoms with van der Waals surface area (Å²) in [5.74, 6) is -0.509. The third kappa shape index (κ3) is 2.90. The van der Waals surface area contributed by atoms with Crippen LogP contribution < -0.4 is 0 Å². The summed E-state index contributed by atoms with van der Waals surface area (Å²) in [6.45, 7) is 5.09. The van der Waals surface area contributed by atoms with E-state index in [0.29, 0.717) is 13.1 Å². The van der Waals surface area contributed by atoms with E-state index in [-0.39, 0.29) is 5.78 Å². The first-order valence-electron chi connectivity index (χ1n) is 6.86. The van der Waals surface area contributed by atoms with Crippen LogP contribution in [0.1, 0.15) is 25.8 Å². The van der Waals surface area contributed by atoms with Gasteiger partial charge in [0.05, 0.1) is 7.11 Å². The van der Waals surface area contributed by atoms with Gasteiger partial charge in [-0.25, -0.2) is 4.79 Å². The molecule has 4 heteroatoms. The van der Waals surface area contributed by atoms with Crippen LogP contribution in [0.2, 0.25) is 0 Å². The fourth-order valence-corrected chi connectivity index (χ4v) is 2.57. The topological polar surface area (TPSA) is 46.6 Å². The maximum absolute atomic E-state index is 12.5. The lowest BCUT2D eigenvalue weighted by Crippen LogP contribution is -2.56. The summed E-state index contributed by atoms with van der Waals surface area (Å²) in [5.41, 5.74) is 0.625. The van der Waals surface area contributed by atoms with Crippen molar-refractivity contribution in [3.05, 3.63) is 35.9 Å². The Balaban J connectivity index is 2.22.